The summed E-state index contributed by atoms with van der Waals surface area (Å²) in [5.41, 5.74) is 1.81. The van der Waals surface area contributed by atoms with Crippen molar-refractivity contribution in [2.45, 2.75) is 24.0 Å². The zero-order valence-electron chi connectivity index (χ0n) is 15.6. The van der Waals surface area contributed by atoms with E-state index in [4.69, 9.17) is 0 Å². The van der Waals surface area contributed by atoms with Gasteiger partial charge in [-0.2, -0.15) is 0 Å². The van der Waals surface area contributed by atoms with Crippen LogP contribution in [0.1, 0.15) is 24.2 Å². The number of hydrogen-bond acceptors (Lipinski definition) is 4. The predicted molar refractivity (Wildman–Crippen MR) is 105 cm³/mol. The molecule has 1 aromatic heterocycles. The minimum Gasteiger partial charge on any atom is -0.322 e. The van der Waals surface area contributed by atoms with Gasteiger partial charge in [-0.15, -0.1) is 0 Å². The molecule has 1 amide bonds. The Morgan fingerprint density at radius 3 is 2.30 bits per heavy atom. The van der Waals surface area contributed by atoms with Crippen LogP contribution in [0.3, 0.4) is 0 Å². The van der Waals surface area contributed by atoms with E-state index in [0.29, 0.717) is 11.2 Å². The first-order valence-corrected chi connectivity index (χ1v) is 9.99. The van der Waals surface area contributed by atoms with Gasteiger partial charge in [0, 0.05) is 19.8 Å². The highest BCUT2D eigenvalue weighted by atomic mass is 32.2. The third-order valence-electron chi connectivity index (χ3n) is 4.59. The molecule has 27 heavy (non-hydrogen) atoms. The fourth-order valence-corrected chi connectivity index (χ4v) is 4.18. The van der Waals surface area contributed by atoms with E-state index in [2.05, 4.69) is 5.32 Å². The molecule has 0 bridgehead atoms. The molecule has 3 rings (SSSR count). The Balaban J connectivity index is 2.01. The van der Waals surface area contributed by atoms with Gasteiger partial charge < -0.3 is 5.32 Å². The molecular formula is C19H21N3O4S. The molecule has 0 fully saturated rings. The maximum atomic E-state index is 12.7. The highest BCUT2D eigenvalue weighted by Gasteiger charge is 2.25. The van der Waals surface area contributed by atoms with Crippen LogP contribution in [0.5, 0.6) is 0 Å². The van der Waals surface area contributed by atoms with Crippen molar-refractivity contribution >= 4 is 32.5 Å². The smallest absolute Gasteiger partial charge is 0.322 e. The van der Waals surface area contributed by atoms with E-state index in [1.807, 2.05) is 0 Å². The number of sulfone groups is 1. The van der Waals surface area contributed by atoms with E-state index < -0.39 is 21.0 Å². The Labute approximate surface area is 157 Å². The van der Waals surface area contributed by atoms with Gasteiger partial charge >= 0.3 is 5.69 Å². The Morgan fingerprint density at radius 2 is 1.63 bits per heavy atom. The number of aromatic nitrogens is 2. The van der Waals surface area contributed by atoms with Gasteiger partial charge in [-0.25, -0.2) is 13.2 Å². The van der Waals surface area contributed by atoms with E-state index in [0.717, 1.165) is 5.52 Å². The fourth-order valence-electron chi connectivity index (χ4n) is 2.94. The number of anilines is 1. The minimum absolute atomic E-state index is 0.00527. The van der Waals surface area contributed by atoms with Gasteiger partial charge in [-0.1, -0.05) is 12.1 Å². The van der Waals surface area contributed by atoms with E-state index in [1.54, 1.807) is 58.3 Å². The molecule has 142 valence electrons. The average Bonchev–Trinajstić information content (AvgIpc) is 2.85. The number of benzene rings is 2. The average molecular weight is 387 g/mol. The van der Waals surface area contributed by atoms with Crippen LogP contribution in [-0.2, 0) is 23.9 Å². The quantitative estimate of drug-likeness (QED) is 0.744. The summed E-state index contributed by atoms with van der Waals surface area (Å²) in [7, 11) is -0.268. The molecule has 0 atom stereocenters. The summed E-state index contributed by atoms with van der Waals surface area (Å²) in [4.78, 5) is 24.8. The lowest BCUT2D eigenvalue weighted by molar-refractivity contribution is 0.102. The van der Waals surface area contributed by atoms with Crippen molar-refractivity contribution in [3.8, 4) is 0 Å². The fraction of sp³-hybridized carbons (Fsp3) is 0.263. The van der Waals surface area contributed by atoms with E-state index in [-0.39, 0.29) is 16.1 Å². The van der Waals surface area contributed by atoms with Crippen LogP contribution in [0.15, 0.2) is 52.2 Å². The van der Waals surface area contributed by atoms with Crippen molar-refractivity contribution < 1.29 is 13.2 Å². The van der Waals surface area contributed by atoms with Gasteiger partial charge in [0.05, 0.1) is 26.7 Å². The lowest BCUT2D eigenvalue weighted by Gasteiger charge is -2.13. The molecule has 1 heterocycles. The molecule has 0 spiro atoms. The molecule has 0 saturated heterocycles. The molecular weight excluding hydrogens is 366 g/mol. The Hall–Kier alpha value is -2.87. The Morgan fingerprint density at radius 1 is 1.00 bits per heavy atom. The second-order valence-electron chi connectivity index (χ2n) is 6.65. The molecule has 1 N–H and O–H groups in total. The summed E-state index contributed by atoms with van der Waals surface area (Å²) < 4.78 is 28.1. The zero-order chi connectivity index (χ0) is 19.9. The van der Waals surface area contributed by atoms with Crippen LogP contribution in [0.2, 0.25) is 0 Å². The standard InChI is InChI=1S/C19H21N3O4S/c1-12(2)27(25,26)17-8-6-5-7-14(17)18(23)20-13-9-10-15-16(11-13)22(4)19(24)21(15)3/h5-12H,1-4H3,(H,20,23). The number of amides is 1. The van der Waals surface area contributed by atoms with E-state index in [9.17, 15) is 18.0 Å². The van der Waals surface area contributed by atoms with Gasteiger partial charge in [0.2, 0.25) is 0 Å². The van der Waals surface area contributed by atoms with Crippen LogP contribution >= 0.6 is 0 Å². The summed E-state index contributed by atoms with van der Waals surface area (Å²) >= 11 is 0. The van der Waals surface area contributed by atoms with Gasteiger partial charge in [0.25, 0.3) is 5.91 Å². The van der Waals surface area contributed by atoms with Crippen LogP contribution in [-0.4, -0.2) is 28.7 Å². The summed E-state index contributed by atoms with van der Waals surface area (Å²) in [6.45, 7) is 3.15. The van der Waals surface area contributed by atoms with Crippen molar-refractivity contribution in [2.24, 2.45) is 14.1 Å². The molecule has 7 nitrogen and oxygen atoms in total. The van der Waals surface area contributed by atoms with E-state index >= 15 is 0 Å². The number of aryl methyl sites for hydroxylation is 2. The number of carbonyl (C=O) groups is 1. The first kappa shape index (κ1) is 18.9. The van der Waals surface area contributed by atoms with Gasteiger partial charge in [-0.05, 0) is 44.2 Å². The zero-order valence-corrected chi connectivity index (χ0v) is 16.4. The Kier molecular flexibility index (Phi) is 4.69. The number of hydrogen-bond donors (Lipinski definition) is 1. The van der Waals surface area contributed by atoms with Gasteiger partial charge in [-0.3, -0.25) is 13.9 Å². The minimum atomic E-state index is -3.60. The van der Waals surface area contributed by atoms with Crippen LogP contribution in [0.25, 0.3) is 11.0 Å². The molecule has 0 saturated carbocycles. The Bertz CT molecular complexity index is 1200. The topological polar surface area (TPSA) is 90.2 Å². The molecule has 3 aromatic rings. The lowest BCUT2D eigenvalue weighted by Crippen LogP contribution is -2.20. The van der Waals surface area contributed by atoms with Crippen molar-refractivity contribution in [1.82, 2.24) is 9.13 Å². The third-order valence-corrected chi connectivity index (χ3v) is 6.80. The summed E-state index contributed by atoms with van der Waals surface area (Å²) in [6, 6.07) is 11.3. The van der Waals surface area contributed by atoms with Crippen molar-refractivity contribution in [2.75, 3.05) is 5.32 Å². The van der Waals surface area contributed by atoms with Crippen LogP contribution < -0.4 is 11.0 Å². The second-order valence-corrected chi connectivity index (χ2v) is 9.12. The molecule has 0 radical (unpaired) electrons. The number of carbonyl (C=O) groups excluding carboxylic acids is 1. The largest absolute Gasteiger partial charge is 0.328 e. The van der Waals surface area contributed by atoms with Crippen molar-refractivity contribution in [1.29, 1.82) is 0 Å². The van der Waals surface area contributed by atoms with Gasteiger partial charge in [0.15, 0.2) is 9.84 Å². The summed E-state index contributed by atoms with van der Waals surface area (Å²) in [6.07, 6.45) is 0. The monoisotopic (exact) mass is 387 g/mol. The summed E-state index contributed by atoms with van der Waals surface area (Å²) in [5.74, 6) is -0.518. The number of rotatable bonds is 4. The predicted octanol–water partition coefficient (Wildman–Crippen LogP) is 2.31. The first-order chi connectivity index (χ1) is 12.6. The highest BCUT2D eigenvalue weighted by molar-refractivity contribution is 7.92. The van der Waals surface area contributed by atoms with E-state index in [1.165, 1.54) is 21.3 Å². The number of imidazole rings is 1. The van der Waals surface area contributed by atoms with Gasteiger partial charge in [0.1, 0.15) is 0 Å². The molecule has 0 aliphatic rings. The molecule has 0 aliphatic heterocycles. The summed E-state index contributed by atoms with van der Waals surface area (Å²) in [5, 5.41) is 2.09. The first-order valence-electron chi connectivity index (χ1n) is 8.44. The van der Waals surface area contributed by atoms with Crippen LogP contribution in [0.4, 0.5) is 5.69 Å². The second kappa shape index (κ2) is 6.70. The number of nitrogens with zero attached hydrogens (tertiary/aromatic N) is 2. The molecule has 8 heteroatoms. The maximum Gasteiger partial charge on any atom is 0.328 e. The van der Waals surface area contributed by atoms with Crippen LogP contribution in [0, 0.1) is 0 Å². The molecule has 2 aromatic carbocycles. The third kappa shape index (κ3) is 3.16. The highest BCUT2D eigenvalue weighted by Crippen LogP contribution is 2.23. The SMILES string of the molecule is CC(C)S(=O)(=O)c1ccccc1C(=O)Nc1ccc2c(c1)n(C)c(=O)n2C. The molecule has 0 unspecified atom stereocenters. The normalized spacial score (nSPS) is 11.9. The van der Waals surface area contributed by atoms with Crippen molar-refractivity contribution in [3.63, 3.8) is 0 Å². The maximum absolute atomic E-state index is 12.7. The molecule has 0 aliphatic carbocycles. The number of fused-ring (bicyclic) bond motifs is 1. The van der Waals surface area contributed by atoms with Crippen molar-refractivity contribution in [3.05, 3.63) is 58.5 Å². The number of nitrogens with one attached hydrogen (secondary N) is 1. The lowest BCUT2D eigenvalue weighted by atomic mass is 10.2.